The smallest absolute Gasteiger partial charge is 0.341 e. The van der Waals surface area contributed by atoms with Gasteiger partial charge in [-0.1, -0.05) is 28.9 Å². The summed E-state index contributed by atoms with van der Waals surface area (Å²) < 4.78 is 6.97. The number of nitrogens with zero attached hydrogens (tertiary/aromatic N) is 3. The number of aromatic carboxylic acids is 1. The number of hydrogen-bond donors (Lipinski definition) is 2. The molecule has 0 bridgehead atoms. The van der Waals surface area contributed by atoms with Gasteiger partial charge in [0, 0.05) is 16.0 Å². The summed E-state index contributed by atoms with van der Waals surface area (Å²) in [5.41, 5.74) is 1.59. The van der Waals surface area contributed by atoms with Crippen LogP contribution in [0.1, 0.15) is 15.9 Å². The third-order valence-electron chi connectivity index (χ3n) is 4.48. The molecule has 29 heavy (non-hydrogen) atoms. The summed E-state index contributed by atoms with van der Waals surface area (Å²) >= 11 is 6.20. The molecule has 0 unspecified atom stereocenters. The van der Waals surface area contributed by atoms with E-state index in [1.165, 1.54) is 6.07 Å². The van der Waals surface area contributed by atoms with Crippen molar-refractivity contribution in [1.29, 1.82) is 0 Å². The highest BCUT2D eigenvalue weighted by atomic mass is 35.5. The van der Waals surface area contributed by atoms with Crippen LogP contribution in [0.3, 0.4) is 0 Å². The van der Waals surface area contributed by atoms with Crippen LogP contribution < -0.4 is 10.3 Å². The summed E-state index contributed by atoms with van der Waals surface area (Å²) in [5, 5.41) is 18.5. The lowest BCUT2D eigenvalue weighted by molar-refractivity contribution is 0.0695. The Kier molecular flexibility index (Phi) is 4.77. The number of halogens is 1. The van der Waals surface area contributed by atoms with Crippen molar-refractivity contribution in [3.05, 3.63) is 75.2 Å². The Morgan fingerprint density at radius 3 is 2.83 bits per heavy atom. The molecule has 0 aliphatic rings. The van der Waals surface area contributed by atoms with Crippen molar-refractivity contribution in [2.24, 2.45) is 0 Å². The number of fused-ring (bicyclic) bond motifs is 1. The third kappa shape index (κ3) is 3.57. The number of carboxylic acids is 1. The normalized spacial score (nSPS) is 11.0. The van der Waals surface area contributed by atoms with Crippen LogP contribution in [0, 0.1) is 0 Å². The van der Waals surface area contributed by atoms with Gasteiger partial charge in [0.1, 0.15) is 17.0 Å². The van der Waals surface area contributed by atoms with Crippen molar-refractivity contribution in [3.8, 4) is 17.0 Å². The molecule has 0 spiro atoms. The van der Waals surface area contributed by atoms with Gasteiger partial charge in [-0.25, -0.2) is 9.48 Å². The molecule has 0 atom stereocenters. The summed E-state index contributed by atoms with van der Waals surface area (Å²) in [7, 11) is 1.59. The van der Waals surface area contributed by atoms with E-state index >= 15 is 0 Å². The van der Waals surface area contributed by atoms with Crippen LogP contribution in [0.5, 0.6) is 5.75 Å². The molecule has 0 amide bonds. The second kappa shape index (κ2) is 7.40. The number of ether oxygens (including phenoxy) is 1. The van der Waals surface area contributed by atoms with Gasteiger partial charge in [-0.05, 0) is 35.9 Å². The molecule has 146 valence electrons. The molecule has 0 saturated heterocycles. The van der Waals surface area contributed by atoms with E-state index in [1.54, 1.807) is 30.1 Å². The van der Waals surface area contributed by atoms with E-state index in [1.807, 2.05) is 24.3 Å². The number of aromatic nitrogens is 4. The number of carbonyl (C=O) groups is 1. The molecule has 4 aromatic rings. The van der Waals surface area contributed by atoms with E-state index in [0.29, 0.717) is 32.9 Å². The number of H-pyrrole nitrogens is 1. The predicted octanol–water partition coefficient (Wildman–Crippen LogP) is 3.20. The summed E-state index contributed by atoms with van der Waals surface area (Å²) in [5.74, 6) is -0.620. The molecule has 9 heteroatoms. The molecule has 0 aliphatic carbocycles. The van der Waals surface area contributed by atoms with E-state index in [0.717, 1.165) is 5.56 Å². The second-order valence-electron chi connectivity index (χ2n) is 6.35. The Hall–Kier alpha value is -3.65. The lowest BCUT2D eigenvalue weighted by atomic mass is 10.1. The molecule has 0 aliphatic heterocycles. The van der Waals surface area contributed by atoms with Gasteiger partial charge in [0.25, 0.3) is 5.56 Å². The van der Waals surface area contributed by atoms with Gasteiger partial charge in [-0.2, -0.15) is 0 Å². The van der Waals surface area contributed by atoms with Crippen molar-refractivity contribution in [1.82, 2.24) is 20.0 Å². The lowest BCUT2D eigenvalue weighted by Gasteiger charge is -2.08. The number of para-hydroxylation sites is 1. The number of carboxylic acid groups (broad SMARTS) is 1. The van der Waals surface area contributed by atoms with Gasteiger partial charge in [0.15, 0.2) is 0 Å². The average molecular weight is 411 g/mol. The van der Waals surface area contributed by atoms with Crippen LogP contribution >= 0.6 is 11.6 Å². The van der Waals surface area contributed by atoms with E-state index in [-0.39, 0.29) is 12.1 Å². The Bertz CT molecular complexity index is 1300. The Balaban J connectivity index is 1.75. The SMILES string of the molecule is COc1ccccc1-c1cn(Cc2cc(Cl)cc3cc(C(=O)O)c(=O)[nH]c23)nn1. The zero-order chi connectivity index (χ0) is 20.5. The highest BCUT2D eigenvalue weighted by Crippen LogP contribution is 2.28. The maximum Gasteiger partial charge on any atom is 0.341 e. The highest BCUT2D eigenvalue weighted by Gasteiger charge is 2.14. The van der Waals surface area contributed by atoms with Crippen LogP contribution in [0.2, 0.25) is 5.02 Å². The maximum atomic E-state index is 12.1. The molecule has 2 aromatic heterocycles. The third-order valence-corrected chi connectivity index (χ3v) is 4.70. The van der Waals surface area contributed by atoms with Crippen molar-refractivity contribution in [3.63, 3.8) is 0 Å². The largest absolute Gasteiger partial charge is 0.496 e. The molecule has 2 heterocycles. The van der Waals surface area contributed by atoms with Crippen molar-refractivity contribution >= 4 is 28.5 Å². The van der Waals surface area contributed by atoms with Crippen LogP contribution in [-0.4, -0.2) is 38.2 Å². The average Bonchev–Trinajstić information content (AvgIpc) is 3.16. The predicted molar refractivity (Wildman–Crippen MR) is 108 cm³/mol. The van der Waals surface area contributed by atoms with E-state index in [4.69, 9.17) is 21.4 Å². The minimum atomic E-state index is -1.30. The van der Waals surface area contributed by atoms with E-state index in [9.17, 15) is 9.59 Å². The number of pyridine rings is 1. The molecule has 2 N–H and O–H groups in total. The van der Waals surface area contributed by atoms with E-state index < -0.39 is 11.5 Å². The first-order chi connectivity index (χ1) is 14.0. The fraction of sp³-hybridized carbons (Fsp3) is 0.100. The van der Waals surface area contributed by atoms with Crippen molar-refractivity contribution in [2.75, 3.05) is 7.11 Å². The number of nitrogens with one attached hydrogen (secondary N) is 1. The maximum absolute atomic E-state index is 12.1. The quantitative estimate of drug-likeness (QED) is 0.522. The Morgan fingerprint density at radius 1 is 1.28 bits per heavy atom. The van der Waals surface area contributed by atoms with Crippen LogP contribution in [0.25, 0.3) is 22.2 Å². The van der Waals surface area contributed by atoms with Gasteiger partial charge in [0.2, 0.25) is 0 Å². The number of rotatable bonds is 5. The minimum absolute atomic E-state index is 0.279. The van der Waals surface area contributed by atoms with Crippen LogP contribution in [-0.2, 0) is 6.54 Å². The first-order valence-corrected chi connectivity index (χ1v) is 8.96. The first-order valence-electron chi connectivity index (χ1n) is 8.58. The monoisotopic (exact) mass is 410 g/mol. The van der Waals surface area contributed by atoms with Gasteiger partial charge in [-0.15, -0.1) is 5.10 Å². The number of benzene rings is 2. The zero-order valence-electron chi connectivity index (χ0n) is 15.2. The number of hydrogen-bond acceptors (Lipinski definition) is 5. The van der Waals surface area contributed by atoms with Crippen molar-refractivity contribution < 1.29 is 14.6 Å². The van der Waals surface area contributed by atoms with Crippen molar-refractivity contribution in [2.45, 2.75) is 6.54 Å². The number of aromatic amines is 1. The lowest BCUT2D eigenvalue weighted by Crippen LogP contribution is -2.17. The molecule has 0 radical (unpaired) electrons. The molecular formula is C20H15ClN4O4. The topological polar surface area (TPSA) is 110 Å². The molecule has 0 saturated carbocycles. The Morgan fingerprint density at radius 2 is 2.07 bits per heavy atom. The van der Waals surface area contributed by atoms with Gasteiger partial charge in [-0.3, -0.25) is 4.79 Å². The zero-order valence-corrected chi connectivity index (χ0v) is 16.0. The molecule has 8 nitrogen and oxygen atoms in total. The Labute approximate surface area is 169 Å². The minimum Gasteiger partial charge on any atom is -0.496 e. The molecule has 4 rings (SSSR count). The summed E-state index contributed by atoms with van der Waals surface area (Å²) in [4.78, 5) is 26.0. The highest BCUT2D eigenvalue weighted by molar-refractivity contribution is 6.31. The molecule has 2 aromatic carbocycles. The fourth-order valence-corrected chi connectivity index (χ4v) is 3.42. The first kappa shape index (κ1) is 18.7. The molecule has 0 fully saturated rings. The summed E-state index contributed by atoms with van der Waals surface area (Å²) in [6.45, 7) is 0.279. The summed E-state index contributed by atoms with van der Waals surface area (Å²) in [6, 6.07) is 12.1. The van der Waals surface area contributed by atoms with Gasteiger partial charge in [0.05, 0.1) is 25.4 Å². The fourth-order valence-electron chi connectivity index (χ4n) is 3.17. The van der Waals surface area contributed by atoms with Gasteiger partial charge >= 0.3 is 5.97 Å². The van der Waals surface area contributed by atoms with Gasteiger partial charge < -0.3 is 14.8 Å². The molecular weight excluding hydrogens is 396 g/mol. The standard InChI is InChI=1S/C20H15ClN4O4/c1-29-17-5-3-2-4-14(17)16-10-25(24-23-16)9-12-7-13(21)6-11-8-15(20(27)28)19(26)22-18(11)12/h2-8,10H,9H2,1H3,(H,22,26)(H,27,28). The van der Waals surface area contributed by atoms with E-state index in [2.05, 4.69) is 15.3 Å². The van der Waals surface area contributed by atoms with Crippen LogP contribution in [0.15, 0.2) is 53.5 Å². The van der Waals surface area contributed by atoms with Crippen LogP contribution in [0.4, 0.5) is 0 Å². The summed E-state index contributed by atoms with van der Waals surface area (Å²) in [6.07, 6.45) is 1.76. The number of methoxy groups -OCH3 is 1. The second-order valence-corrected chi connectivity index (χ2v) is 6.78.